The van der Waals surface area contributed by atoms with Crippen molar-refractivity contribution in [3.63, 3.8) is 0 Å². The zero-order valence-corrected chi connectivity index (χ0v) is 20.7. The van der Waals surface area contributed by atoms with Gasteiger partial charge in [-0.15, -0.1) is 0 Å². The number of ether oxygens (including phenoxy) is 1. The fourth-order valence-corrected chi connectivity index (χ4v) is 7.02. The lowest BCUT2D eigenvalue weighted by Crippen LogP contribution is -2.48. The van der Waals surface area contributed by atoms with Crippen LogP contribution < -0.4 is 0 Å². The second kappa shape index (κ2) is 8.88. The molecular weight excluding hydrogens is 458 g/mol. The molecule has 0 aromatic heterocycles. The van der Waals surface area contributed by atoms with E-state index in [0.717, 1.165) is 29.2 Å². The molecule has 2 fully saturated rings. The quantitative estimate of drug-likeness (QED) is 0.286. The normalized spacial score (nSPS) is 22.1. The topological polar surface area (TPSA) is 46.6 Å². The lowest BCUT2D eigenvalue weighted by Gasteiger charge is -2.38. The Balaban J connectivity index is 1.06. The second-order valence-electron chi connectivity index (χ2n) is 10.7. The molecular formula is C33H29NO3. The van der Waals surface area contributed by atoms with Gasteiger partial charge in [-0.1, -0.05) is 91.0 Å². The summed E-state index contributed by atoms with van der Waals surface area (Å²) >= 11 is 0. The highest BCUT2D eigenvalue weighted by atomic mass is 16.6. The first-order valence-electron chi connectivity index (χ1n) is 13.3. The smallest absolute Gasteiger partial charge is 0.410 e. The van der Waals surface area contributed by atoms with Crippen LogP contribution in [0.3, 0.4) is 0 Å². The first kappa shape index (κ1) is 22.3. The van der Waals surface area contributed by atoms with Gasteiger partial charge in [0.05, 0.1) is 0 Å². The van der Waals surface area contributed by atoms with Gasteiger partial charge in [0, 0.05) is 29.5 Å². The summed E-state index contributed by atoms with van der Waals surface area (Å²) in [7, 11) is 0. The van der Waals surface area contributed by atoms with E-state index in [2.05, 4.69) is 60.7 Å². The Morgan fingerprint density at radius 2 is 1.32 bits per heavy atom. The number of nitrogens with zero attached hydrogens (tertiary/aromatic N) is 1. The van der Waals surface area contributed by atoms with E-state index in [0.29, 0.717) is 19.4 Å². The molecule has 0 radical (unpaired) electrons. The Kier molecular flexibility index (Phi) is 5.35. The van der Waals surface area contributed by atoms with Gasteiger partial charge in [-0.3, -0.25) is 4.79 Å². The Morgan fingerprint density at radius 1 is 0.730 bits per heavy atom. The maximum Gasteiger partial charge on any atom is 0.410 e. The standard InChI is InChI=1S/C33H29NO3/c35-32(30-15-7-9-21-8-1-2-10-25(21)30)22-18-23-16-17-24(19-22)34(23)33(36)37-20-31-28-13-5-3-11-26(28)27-12-4-6-14-29(27)31/h1-15,22-24,31H,16-20H2. The van der Waals surface area contributed by atoms with Gasteiger partial charge in [0.25, 0.3) is 0 Å². The molecule has 2 saturated heterocycles. The van der Waals surface area contributed by atoms with Gasteiger partial charge in [0.1, 0.15) is 6.61 Å². The summed E-state index contributed by atoms with van der Waals surface area (Å²) in [5.74, 6) is 0.210. The highest BCUT2D eigenvalue weighted by molar-refractivity contribution is 6.09. The number of hydrogen-bond donors (Lipinski definition) is 0. The molecule has 4 aromatic rings. The maximum atomic E-state index is 13.6. The number of fused-ring (bicyclic) bond motifs is 6. The molecule has 0 N–H and O–H groups in total. The van der Waals surface area contributed by atoms with E-state index in [1.54, 1.807) is 0 Å². The molecule has 0 spiro atoms. The lowest BCUT2D eigenvalue weighted by atomic mass is 9.83. The molecule has 7 rings (SSSR count). The predicted molar refractivity (Wildman–Crippen MR) is 145 cm³/mol. The molecule has 2 bridgehead atoms. The summed E-state index contributed by atoms with van der Waals surface area (Å²) in [6, 6.07) is 31.0. The van der Waals surface area contributed by atoms with E-state index in [1.165, 1.54) is 22.3 Å². The molecule has 37 heavy (non-hydrogen) atoms. The van der Waals surface area contributed by atoms with Crippen molar-refractivity contribution in [1.29, 1.82) is 0 Å². The zero-order chi connectivity index (χ0) is 24.9. The first-order valence-corrected chi connectivity index (χ1v) is 13.3. The van der Waals surface area contributed by atoms with Crippen molar-refractivity contribution in [2.45, 2.75) is 43.7 Å². The third kappa shape index (κ3) is 3.66. The first-order chi connectivity index (χ1) is 18.2. The van der Waals surface area contributed by atoms with Crippen molar-refractivity contribution in [3.05, 3.63) is 108 Å². The summed E-state index contributed by atoms with van der Waals surface area (Å²) in [6.07, 6.45) is 3.07. The summed E-state index contributed by atoms with van der Waals surface area (Å²) in [5.41, 5.74) is 5.70. The number of rotatable bonds is 4. The minimum Gasteiger partial charge on any atom is -0.448 e. The molecule has 4 nitrogen and oxygen atoms in total. The summed E-state index contributed by atoms with van der Waals surface area (Å²) in [4.78, 5) is 28.9. The molecule has 1 aliphatic carbocycles. The summed E-state index contributed by atoms with van der Waals surface area (Å²) in [6.45, 7) is 0.334. The zero-order valence-electron chi connectivity index (χ0n) is 20.7. The molecule has 3 aliphatic rings. The maximum absolute atomic E-state index is 13.6. The van der Waals surface area contributed by atoms with E-state index in [4.69, 9.17) is 4.74 Å². The van der Waals surface area contributed by atoms with Crippen LogP contribution in [0.2, 0.25) is 0 Å². The van der Waals surface area contributed by atoms with Crippen LogP contribution >= 0.6 is 0 Å². The minimum absolute atomic E-state index is 0.0547. The van der Waals surface area contributed by atoms with E-state index in [1.807, 2.05) is 35.2 Å². The van der Waals surface area contributed by atoms with Gasteiger partial charge in [-0.2, -0.15) is 0 Å². The highest BCUT2D eigenvalue weighted by Gasteiger charge is 2.46. The van der Waals surface area contributed by atoms with Gasteiger partial charge in [-0.05, 0) is 58.7 Å². The van der Waals surface area contributed by atoms with Crippen molar-refractivity contribution in [2.24, 2.45) is 5.92 Å². The SMILES string of the molecule is O=C(c1cccc2ccccc12)C1CC2CCC(C1)N2C(=O)OCC1c2ccccc2-c2ccccc21. The number of Topliss-reactive ketones (excluding diaryl/α,β-unsaturated/α-hetero) is 1. The molecule has 4 heteroatoms. The van der Waals surface area contributed by atoms with Gasteiger partial charge in [0.15, 0.2) is 5.78 Å². The molecule has 0 saturated carbocycles. The fourth-order valence-electron chi connectivity index (χ4n) is 7.02. The van der Waals surface area contributed by atoms with Gasteiger partial charge >= 0.3 is 6.09 Å². The van der Waals surface area contributed by atoms with Crippen molar-refractivity contribution < 1.29 is 14.3 Å². The number of hydrogen-bond acceptors (Lipinski definition) is 3. The van der Waals surface area contributed by atoms with Crippen LogP contribution in [0.5, 0.6) is 0 Å². The van der Waals surface area contributed by atoms with E-state index < -0.39 is 0 Å². The Bertz CT molecular complexity index is 1460. The molecule has 2 atom stereocenters. The number of carbonyl (C=O) groups is 2. The fraction of sp³-hybridized carbons (Fsp3) is 0.273. The van der Waals surface area contributed by atoms with Gasteiger partial charge in [0.2, 0.25) is 0 Å². The molecule has 2 unspecified atom stereocenters. The summed E-state index contributed by atoms with van der Waals surface area (Å²) in [5, 5.41) is 2.11. The van der Waals surface area contributed by atoms with Crippen molar-refractivity contribution in [2.75, 3.05) is 6.61 Å². The number of ketones is 1. The van der Waals surface area contributed by atoms with Gasteiger partial charge < -0.3 is 9.64 Å². The molecule has 2 aliphatic heterocycles. The number of carbonyl (C=O) groups excluding carboxylic acids is 2. The average Bonchev–Trinajstić information content (AvgIpc) is 3.41. The molecule has 2 heterocycles. The molecule has 4 aromatic carbocycles. The van der Waals surface area contributed by atoms with Crippen LogP contribution in [0.1, 0.15) is 53.1 Å². The van der Waals surface area contributed by atoms with Crippen LogP contribution in [-0.2, 0) is 4.74 Å². The van der Waals surface area contributed by atoms with Crippen molar-refractivity contribution in [3.8, 4) is 11.1 Å². The largest absolute Gasteiger partial charge is 0.448 e. The highest BCUT2D eigenvalue weighted by Crippen LogP contribution is 2.45. The Hall–Kier alpha value is -3.92. The van der Waals surface area contributed by atoms with E-state index in [-0.39, 0.29) is 35.8 Å². The number of piperidine rings is 1. The van der Waals surface area contributed by atoms with Crippen LogP contribution in [-0.4, -0.2) is 35.5 Å². The van der Waals surface area contributed by atoms with Crippen LogP contribution in [0.25, 0.3) is 21.9 Å². The van der Waals surface area contributed by atoms with Crippen LogP contribution in [0, 0.1) is 5.92 Å². The summed E-state index contributed by atoms with van der Waals surface area (Å²) < 4.78 is 6.00. The third-order valence-electron chi connectivity index (χ3n) is 8.71. The second-order valence-corrected chi connectivity index (χ2v) is 10.7. The van der Waals surface area contributed by atoms with Gasteiger partial charge in [-0.25, -0.2) is 4.79 Å². The predicted octanol–water partition coefficient (Wildman–Crippen LogP) is 7.21. The third-order valence-corrected chi connectivity index (χ3v) is 8.71. The Morgan fingerprint density at radius 3 is 2.03 bits per heavy atom. The lowest BCUT2D eigenvalue weighted by molar-refractivity contribution is 0.0506. The van der Waals surface area contributed by atoms with E-state index in [9.17, 15) is 9.59 Å². The van der Waals surface area contributed by atoms with E-state index >= 15 is 0 Å². The number of benzene rings is 4. The van der Waals surface area contributed by atoms with Crippen molar-refractivity contribution in [1.82, 2.24) is 4.90 Å². The average molecular weight is 488 g/mol. The number of amides is 1. The minimum atomic E-state index is -0.231. The monoisotopic (exact) mass is 487 g/mol. The molecule has 184 valence electrons. The van der Waals surface area contributed by atoms with Crippen molar-refractivity contribution >= 4 is 22.6 Å². The van der Waals surface area contributed by atoms with Crippen LogP contribution in [0.15, 0.2) is 91.0 Å². The van der Waals surface area contributed by atoms with Crippen LogP contribution in [0.4, 0.5) is 4.79 Å². The molecule has 1 amide bonds. The Labute approximate surface area is 216 Å².